The minimum absolute atomic E-state index is 0.0381. The van der Waals surface area contributed by atoms with Crippen molar-refractivity contribution in [3.8, 4) is 11.3 Å². The second-order valence-corrected chi connectivity index (χ2v) is 9.54. The van der Waals surface area contributed by atoms with E-state index in [0.29, 0.717) is 34.4 Å². The normalized spacial score (nSPS) is 17.7. The van der Waals surface area contributed by atoms with Crippen LogP contribution in [-0.4, -0.2) is 32.3 Å². The van der Waals surface area contributed by atoms with Gasteiger partial charge < -0.3 is 0 Å². The maximum absolute atomic E-state index is 14.4. The molecule has 2 heterocycles. The minimum Gasteiger partial charge on any atom is -0.300 e. The van der Waals surface area contributed by atoms with Crippen molar-refractivity contribution in [1.29, 1.82) is 0 Å². The summed E-state index contributed by atoms with van der Waals surface area (Å²) < 4.78 is 14.4. The number of ketones is 3. The number of nitrogens with zero attached hydrogens (tertiary/aromatic N) is 3. The highest BCUT2D eigenvalue weighted by Crippen LogP contribution is 2.39. The van der Waals surface area contributed by atoms with Crippen molar-refractivity contribution >= 4 is 29.0 Å². The average Bonchev–Trinajstić information content (AvgIpc) is 3.06. The van der Waals surface area contributed by atoms with E-state index in [1.165, 1.54) is 12.3 Å². The molecule has 0 aliphatic heterocycles. The highest BCUT2D eigenvalue weighted by atomic mass is 35.5. The van der Waals surface area contributed by atoms with Gasteiger partial charge in [-0.25, -0.2) is 4.39 Å². The summed E-state index contributed by atoms with van der Waals surface area (Å²) >= 11 is 5.81. The number of aromatic nitrogens is 3. The lowest BCUT2D eigenvalue weighted by Gasteiger charge is -2.17. The van der Waals surface area contributed by atoms with Gasteiger partial charge >= 0.3 is 0 Å². The van der Waals surface area contributed by atoms with Crippen LogP contribution in [0.2, 0.25) is 5.02 Å². The van der Waals surface area contributed by atoms with E-state index >= 15 is 0 Å². The second-order valence-electron chi connectivity index (χ2n) is 9.10. The van der Waals surface area contributed by atoms with Crippen LogP contribution in [0.4, 0.5) is 4.39 Å². The number of aryl methyl sites for hydroxylation is 4. The van der Waals surface area contributed by atoms with Gasteiger partial charge in [-0.05, 0) is 62.1 Å². The van der Waals surface area contributed by atoms with E-state index < -0.39 is 17.7 Å². The first-order chi connectivity index (χ1) is 16.6. The van der Waals surface area contributed by atoms with Gasteiger partial charge in [-0.1, -0.05) is 11.6 Å². The molecule has 8 heteroatoms. The molecule has 0 amide bonds. The molecular formula is C27H25ClFN3O3. The first-order valence-corrected chi connectivity index (χ1v) is 11.8. The summed E-state index contributed by atoms with van der Waals surface area (Å²) in [5, 5.41) is 0.200. The van der Waals surface area contributed by atoms with E-state index in [0.717, 1.165) is 5.69 Å². The Bertz CT molecular complexity index is 1300. The molecule has 1 aliphatic carbocycles. The zero-order chi connectivity index (χ0) is 25.3. The molecule has 0 bridgehead atoms. The van der Waals surface area contributed by atoms with Gasteiger partial charge in [-0.3, -0.25) is 29.3 Å². The Hall–Kier alpha value is -3.32. The van der Waals surface area contributed by atoms with Gasteiger partial charge in [0, 0.05) is 49.3 Å². The molecule has 0 saturated heterocycles. The summed E-state index contributed by atoms with van der Waals surface area (Å²) in [6.45, 7) is 5.42. The first kappa shape index (κ1) is 24.8. The molecule has 0 spiro atoms. The lowest BCUT2D eigenvalue weighted by molar-refractivity contribution is -0.127. The van der Waals surface area contributed by atoms with Crippen LogP contribution in [0.1, 0.15) is 53.3 Å². The number of pyridine rings is 1. The Morgan fingerprint density at radius 2 is 1.74 bits per heavy atom. The number of rotatable bonds is 7. The van der Waals surface area contributed by atoms with Gasteiger partial charge in [0.05, 0.1) is 16.4 Å². The number of hydrogen-bond donors (Lipinski definition) is 0. The van der Waals surface area contributed by atoms with Crippen molar-refractivity contribution in [1.82, 2.24) is 15.0 Å². The Labute approximate surface area is 208 Å². The molecule has 1 fully saturated rings. The van der Waals surface area contributed by atoms with Crippen molar-refractivity contribution in [2.45, 2.75) is 52.4 Å². The smallest absolute Gasteiger partial charge is 0.151 e. The second kappa shape index (κ2) is 10.1. The van der Waals surface area contributed by atoms with Gasteiger partial charge in [-0.15, -0.1) is 0 Å². The molecule has 0 N–H and O–H groups in total. The van der Waals surface area contributed by atoms with Gasteiger partial charge in [0.1, 0.15) is 23.2 Å². The molecule has 6 nitrogen and oxygen atoms in total. The predicted octanol–water partition coefficient (Wildman–Crippen LogP) is 5.09. The van der Waals surface area contributed by atoms with Crippen molar-refractivity contribution in [2.24, 2.45) is 5.92 Å². The number of carbonyl (C=O) groups is 3. The molecule has 2 atom stereocenters. The summed E-state index contributed by atoms with van der Waals surface area (Å²) in [7, 11) is 0. The summed E-state index contributed by atoms with van der Waals surface area (Å²) in [6.07, 6.45) is 5.44. The SMILES string of the molecule is Cc1cnc(CCC(=O)CC2CC(=O)C(c3c(C)cc(-c4ncc(Cl)cc4F)cc3C)C2=O)cn1. The van der Waals surface area contributed by atoms with E-state index in [2.05, 4.69) is 15.0 Å². The molecule has 35 heavy (non-hydrogen) atoms. The third-order valence-corrected chi connectivity index (χ3v) is 6.60. The van der Waals surface area contributed by atoms with E-state index in [1.54, 1.807) is 38.4 Å². The fourth-order valence-corrected chi connectivity index (χ4v) is 4.86. The van der Waals surface area contributed by atoms with Crippen LogP contribution in [-0.2, 0) is 20.8 Å². The van der Waals surface area contributed by atoms with E-state index in [9.17, 15) is 18.8 Å². The van der Waals surface area contributed by atoms with Crippen molar-refractivity contribution in [3.63, 3.8) is 0 Å². The van der Waals surface area contributed by atoms with Crippen LogP contribution in [0.3, 0.4) is 0 Å². The van der Waals surface area contributed by atoms with Gasteiger partial charge in [0.25, 0.3) is 0 Å². The van der Waals surface area contributed by atoms with E-state index in [-0.39, 0.29) is 47.3 Å². The molecule has 1 aliphatic rings. The molecule has 3 aromatic rings. The first-order valence-electron chi connectivity index (χ1n) is 11.4. The van der Waals surface area contributed by atoms with Crippen molar-refractivity contribution < 1.29 is 18.8 Å². The largest absolute Gasteiger partial charge is 0.300 e. The van der Waals surface area contributed by atoms with Crippen LogP contribution < -0.4 is 0 Å². The maximum atomic E-state index is 14.4. The molecule has 1 saturated carbocycles. The number of carbonyl (C=O) groups excluding carboxylic acids is 3. The summed E-state index contributed by atoms with van der Waals surface area (Å²) in [5.41, 5.74) is 4.24. The number of hydrogen-bond acceptors (Lipinski definition) is 6. The van der Waals surface area contributed by atoms with Gasteiger partial charge in [0.2, 0.25) is 0 Å². The predicted molar refractivity (Wildman–Crippen MR) is 130 cm³/mol. The Kier molecular flexibility index (Phi) is 7.17. The zero-order valence-electron chi connectivity index (χ0n) is 19.8. The van der Waals surface area contributed by atoms with Crippen LogP contribution in [0.15, 0.2) is 36.8 Å². The summed E-state index contributed by atoms with van der Waals surface area (Å²) in [5.74, 6) is -2.58. The van der Waals surface area contributed by atoms with Gasteiger partial charge in [0.15, 0.2) is 11.6 Å². The molecular weight excluding hydrogens is 469 g/mol. The number of Topliss-reactive ketones (excluding diaryl/α,β-unsaturated/α-hetero) is 3. The standard InChI is InChI=1S/C27H25ClFN3O3/c1-14-6-17(26-22(29)10-19(28)12-32-26)7-15(2)24(14)25-23(34)9-18(27(25)35)8-21(33)5-4-20-13-30-16(3)11-31-20/h6-7,10-13,18,25H,4-5,8-9H2,1-3H3. The van der Waals surface area contributed by atoms with Crippen LogP contribution >= 0.6 is 11.6 Å². The van der Waals surface area contributed by atoms with Crippen LogP contribution in [0.25, 0.3) is 11.3 Å². The monoisotopic (exact) mass is 493 g/mol. The molecule has 2 aromatic heterocycles. The fourth-order valence-electron chi connectivity index (χ4n) is 4.72. The lowest BCUT2D eigenvalue weighted by atomic mass is 9.85. The van der Waals surface area contributed by atoms with Crippen LogP contribution in [0, 0.1) is 32.5 Å². The summed E-state index contributed by atoms with van der Waals surface area (Å²) in [4.78, 5) is 51.2. The molecule has 0 radical (unpaired) electrons. The fraction of sp³-hybridized carbons (Fsp3) is 0.333. The van der Waals surface area contributed by atoms with E-state index in [1.807, 2.05) is 6.92 Å². The lowest BCUT2D eigenvalue weighted by Crippen LogP contribution is -2.19. The zero-order valence-corrected chi connectivity index (χ0v) is 20.5. The quantitative estimate of drug-likeness (QED) is 0.426. The van der Waals surface area contributed by atoms with Crippen molar-refractivity contribution in [2.75, 3.05) is 0 Å². The molecule has 180 valence electrons. The highest BCUT2D eigenvalue weighted by Gasteiger charge is 2.43. The maximum Gasteiger partial charge on any atom is 0.151 e. The average molecular weight is 494 g/mol. The molecule has 2 unspecified atom stereocenters. The number of halogens is 2. The molecule has 4 rings (SSSR count). The summed E-state index contributed by atoms with van der Waals surface area (Å²) in [6, 6.07) is 4.64. The van der Waals surface area contributed by atoms with E-state index in [4.69, 9.17) is 11.6 Å². The topological polar surface area (TPSA) is 89.9 Å². The third kappa shape index (κ3) is 5.35. The third-order valence-electron chi connectivity index (χ3n) is 6.39. The minimum atomic E-state index is -0.909. The Morgan fingerprint density at radius 1 is 1.03 bits per heavy atom. The van der Waals surface area contributed by atoms with Crippen LogP contribution in [0.5, 0.6) is 0 Å². The number of benzene rings is 1. The Morgan fingerprint density at radius 3 is 2.37 bits per heavy atom. The molecule has 1 aromatic carbocycles. The van der Waals surface area contributed by atoms with Gasteiger partial charge in [-0.2, -0.15) is 0 Å². The van der Waals surface area contributed by atoms with Crippen molar-refractivity contribution in [3.05, 3.63) is 75.7 Å². The Balaban J connectivity index is 1.49. The highest BCUT2D eigenvalue weighted by molar-refractivity contribution is 6.30.